The average Bonchev–Trinajstić information content (AvgIpc) is 2.77. The molecule has 0 atom stereocenters. The lowest BCUT2D eigenvalue weighted by molar-refractivity contribution is 0.220. The highest BCUT2D eigenvalue weighted by molar-refractivity contribution is 7.57. The molecule has 0 aromatic carbocycles. The van der Waals surface area contributed by atoms with Crippen LogP contribution >= 0.6 is 15.2 Å². The van der Waals surface area contributed by atoms with E-state index in [1.807, 2.05) is 13.8 Å². The van der Waals surface area contributed by atoms with E-state index in [0.717, 1.165) is 39.6 Å². The molecule has 0 rings (SSSR count). The van der Waals surface area contributed by atoms with Crippen molar-refractivity contribution in [3.05, 3.63) is 12.4 Å². The van der Waals surface area contributed by atoms with Crippen LogP contribution in [0.5, 0.6) is 0 Å². The molecule has 13 heteroatoms. The Labute approximate surface area is 195 Å². The van der Waals surface area contributed by atoms with E-state index in [2.05, 4.69) is 11.9 Å². The molecule has 0 unspecified atom stereocenters. The van der Waals surface area contributed by atoms with Gasteiger partial charge >= 0.3 is 15.2 Å². The molecule has 0 saturated heterocycles. The van der Waals surface area contributed by atoms with Gasteiger partial charge in [-0.25, -0.2) is 0 Å². The largest absolute Gasteiger partial charge is 0.400 e. The van der Waals surface area contributed by atoms with E-state index in [1.165, 1.54) is 5.82 Å². The van der Waals surface area contributed by atoms with Crippen LogP contribution in [0.4, 0.5) is 0 Å². The third-order valence-corrected chi connectivity index (χ3v) is 6.78. The molecule has 0 heterocycles. The highest BCUT2D eigenvalue weighted by Crippen LogP contribution is 2.48. The Kier molecular flexibility index (Phi) is 37.7. The third kappa shape index (κ3) is 29.8. The fourth-order valence-electron chi connectivity index (χ4n) is 1.75. The first-order chi connectivity index (χ1) is 15.3. The summed E-state index contributed by atoms with van der Waals surface area (Å²) in [7, 11) is -4.80. The molecule has 0 bridgehead atoms. The summed E-state index contributed by atoms with van der Waals surface area (Å²) in [5.74, 6) is 1.22. The molecule has 0 amide bonds. The number of aliphatic hydroxyl groups excluding tert-OH is 1. The summed E-state index contributed by atoms with van der Waals surface area (Å²) >= 11 is 0. The van der Waals surface area contributed by atoms with Gasteiger partial charge in [0.1, 0.15) is 0 Å². The van der Waals surface area contributed by atoms with E-state index in [0.29, 0.717) is 45.7 Å². The zero-order chi connectivity index (χ0) is 25.7. The second-order valence-electron chi connectivity index (χ2n) is 5.55. The van der Waals surface area contributed by atoms with Crippen LogP contribution in [0.2, 0.25) is 0 Å². The topological polar surface area (TPSA) is 181 Å². The monoisotopic (exact) mass is 508 g/mol. The Balaban J connectivity index is -0.000000198. The fraction of sp³-hybridized carbons (Fsp3) is 0.895. The molecule has 198 valence electrons. The van der Waals surface area contributed by atoms with Crippen LogP contribution in [-0.4, -0.2) is 77.5 Å². The summed E-state index contributed by atoms with van der Waals surface area (Å²) in [6, 6.07) is 0. The summed E-state index contributed by atoms with van der Waals surface area (Å²) in [4.78, 5) is 0. The maximum atomic E-state index is 11.9. The minimum Gasteiger partial charge on any atom is -0.400 e. The first-order valence-electron chi connectivity index (χ1n) is 10.9. The van der Waals surface area contributed by atoms with Crippen LogP contribution in [0.3, 0.4) is 0 Å². The normalized spacial score (nSPS) is 10.7. The summed E-state index contributed by atoms with van der Waals surface area (Å²) in [6.07, 6.45) is 2.28. The van der Waals surface area contributed by atoms with Crippen LogP contribution in [0.15, 0.2) is 12.4 Å². The Morgan fingerprint density at radius 2 is 1.19 bits per heavy atom. The van der Waals surface area contributed by atoms with Gasteiger partial charge in [0.15, 0.2) is 0 Å². The van der Waals surface area contributed by atoms with Gasteiger partial charge in [-0.3, -0.25) is 9.13 Å². The SMILES string of the molecule is C=CP(=O)(OCC)OCC.CCOP(=O)(CCNCCCN)OCC.CO.NCCCN. The third-order valence-electron chi connectivity index (χ3n) is 3.02. The zero-order valence-electron chi connectivity index (χ0n) is 20.8. The molecule has 0 aromatic rings. The number of hydrogen-bond donors (Lipinski definition) is 5. The molecule has 0 aromatic heterocycles. The lowest BCUT2D eigenvalue weighted by Crippen LogP contribution is -2.22. The van der Waals surface area contributed by atoms with Gasteiger partial charge in [0, 0.05) is 19.5 Å². The minimum absolute atomic E-state index is 0.378. The van der Waals surface area contributed by atoms with Crippen LogP contribution in [0, 0.1) is 0 Å². The predicted octanol–water partition coefficient (Wildman–Crippen LogP) is 2.49. The van der Waals surface area contributed by atoms with Crippen molar-refractivity contribution in [2.75, 3.05) is 72.4 Å². The predicted molar refractivity (Wildman–Crippen MR) is 134 cm³/mol. The second-order valence-corrected chi connectivity index (χ2v) is 9.70. The van der Waals surface area contributed by atoms with Crippen molar-refractivity contribution in [1.82, 2.24) is 5.32 Å². The quantitative estimate of drug-likeness (QED) is 0.144. The second kappa shape index (κ2) is 30.8. The number of hydrogen-bond acceptors (Lipinski definition) is 11. The van der Waals surface area contributed by atoms with Crippen LogP contribution in [0.1, 0.15) is 40.5 Å². The van der Waals surface area contributed by atoms with E-state index in [4.69, 9.17) is 40.4 Å². The maximum Gasteiger partial charge on any atom is 0.353 e. The summed E-state index contributed by atoms with van der Waals surface area (Å²) in [5.41, 5.74) is 15.5. The lowest BCUT2D eigenvalue weighted by atomic mass is 10.4. The minimum atomic E-state index is -2.94. The summed E-state index contributed by atoms with van der Waals surface area (Å²) in [5, 5.41) is 10.1. The summed E-state index contributed by atoms with van der Waals surface area (Å²) in [6.45, 7) is 15.7. The molecule has 8 N–H and O–H groups in total. The van der Waals surface area contributed by atoms with Gasteiger partial charge in [0.2, 0.25) is 0 Å². The van der Waals surface area contributed by atoms with E-state index in [1.54, 1.807) is 13.8 Å². The molecular weight excluding hydrogens is 458 g/mol. The van der Waals surface area contributed by atoms with E-state index < -0.39 is 15.2 Å². The molecule has 11 nitrogen and oxygen atoms in total. The van der Waals surface area contributed by atoms with E-state index in [9.17, 15) is 9.13 Å². The Morgan fingerprint density at radius 1 is 0.781 bits per heavy atom. The van der Waals surface area contributed by atoms with Crippen molar-refractivity contribution in [3.8, 4) is 0 Å². The van der Waals surface area contributed by atoms with Gasteiger partial charge in [0.25, 0.3) is 0 Å². The van der Waals surface area contributed by atoms with Gasteiger partial charge in [-0.1, -0.05) is 6.58 Å². The number of nitrogens with two attached hydrogens (primary N) is 3. The standard InChI is InChI=1S/C9H23N2O3P.C6H13O3P.C3H10N2.CH4O/c1-3-13-15(12,14-4-2)9-8-11-7-5-6-10;1-4-8-10(7,6-3)9-5-2;4-2-1-3-5;1-2/h11H,3-10H2,1-2H3;6H,3-5H2,1-2H3;1-5H2;2H,1H3. The average molecular weight is 509 g/mol. The van der Waals surface area contributed by atoms with Crippen molar-refractivity contribution in [2.45, 2.75) is 40.5 Å². The molecule has 0 spiro atoms. The fourth-order valence-corrected chi connectivity index (χ4v) is 4.30. The Morgan fingerprint density at radius 3 is 1.47 bits per heavy atom. The Hall–Kier alpha value is -0.160. The molecule has 0 aliphatic heterocycles. The van der Waals surface area contributed by atoms with E-state index in [-0.39, 0.29) is 0 Å². The molecule has 0 saturated carbocycles. The van der Waals surface area contributed by atoms with Gasteiger partial charge in [-0.2, -0.15) is 0 Å². The van der Waals surface area contributed by atoms with Crippen LogP contribution < -0.4 is 22.5 Å². The van der Waals surface area contributed by atoms with Crippen molar-refractivity contribution in [3.63, 3.8) is 0 Å². The highest BCUT2D eigenvalue weighted by Gasteiger charge is 2.22. The number of aliphatic hydroxyl groups is 1. The van der Waals surface area contributed by atoms with Gasteiger partial charge in [-0.05, 0) is 66.7 Å². The lowest BCUT2D eigenvalue weighted by Gasteiger charge is -2.16. The Bertz CT molecular complexity index is 439. The first-order valence-corrected chi connectivity index (χ1v) is 14.3. The van der Waals surface area contributed by atoms with Crippen molar-refractivity contribution in [2.24, 2.45) is 17.2 Å². The molecule has 0 aliphatic carbocycles. The first kappa shape index (κ1) is 39.1. The van der Waals surface area contributed by atoms with Crippen molar-refractivity contribution >= 4 is 15.2 Å². The van der Waals surface area contributed by atoms with Gasteiger partial charge in [0.05, 0.1) is 32.6 Å². The van der Waals surface area contributed by atoms with Crippen molar-refractivity contribution < 1.29 is 32.3 Å². The number of nitrogens with one attached hydrogen (secondary N) is 1. The smallest absolute Gasteiger partial charge is 0.353 e. The summed E-state index contributed by atoms with van der Waals surface area (Å²) < 4.78 is 43.1. The maximum absolute atomic E-state index is 11.9. The number of rotatable bonds is 17. The van der Waals surface area contributed by atoms with E-state index >= 15 is 0 Å². The van der Waals surface area contributed by atoms with Crippen molar-refractivity contribution in [1.29, 1.82) is 0 Å². The highest BCUT2D eigenvalue weighted by atomic mass is 31.2. The molecule has 0 aliphatic rings. The molecular formula is C19H50N4O7P2. The molecule has 32 heavy (non-hydrogen) atoms. The van der Waals surface area contributed by atoms with Crippen LogP contribution in [-0.2, 0) is 27.2 Å². The van der Waals surface area contributed by atoms with Gasteiger partial charge in [-0.15, -0.1) is 0 Å². The van der Waals surface area contributed by atoms with Gasteiger partial charge < -0.3 is 45.7 Å². The van der Waals surface area contributed by atoms with Crippen LogP contribution in [0.25, 0.3) is 0 Å². The molecule has 0 radical (unpaired) electrons. The molecule has 0 fully saturated rings. The zero-order valence-corrected chi connectivity index (χ0v) is 22.6.